The molecule has 0 atom stereocenters. The van der Waals surface area contributed by atoms with Gasteiger partial charge < -0.3 is 4.74 Å². The molecule has 0 saturated carbocycles. The van der Waals surface area contributed by atoms with E-state index >= 15 is 0 Å². The van der Waals surface area contributed by atoms with Gasteiger partial charge >= 0.3 is 5.69 Å². The summed E-state index contributed by atoms with van der Waals surface area (Å²) in [5, 5.41) is 11.7. The Balaban J connectivity index is 2.39. The van der Waals surface area contributed by atoms with Crippen LogP contribution in [0.15, 0.2) is 36.4 Å². The van der Waals surface area contributed by atoms with E-state index in [2.05, 4.69) is 15.9 Å². The number of rotatable bonds is 4. The summed E-state index contributed by atoms with van der Waals surface area (Å²) in [6.07, 6.45) is 0. The Bertz CT molecular complexity index is 666. The maximum atomic E-state index is 13.8. The molecule has 0 aliphatic rings. The van der Waals surface area contributed by atoms with E-state index in [0.29, 0.717) is 5.33 Å². The first kappa shape index (κ1) is 14.7. The van der Waals surface area contributed by atoms with E-state index in [1.165, 1.54) is 30.3 Å². The number of nitro groups is 1. The highest BCUT2D eigenvalue weighted by atomic mass is 79.9. The second-order valence-electron chi connectivity index (χ2n) is 3.87. The zero-order valence-corrected chi connectivity index (χ0v) is 12.3. The summed E-state index contributed by atoms with van der Waals surface area (Å²) in [5.74, 6) is -0.802. The van der Waals surface area contributed by atoms with Crippen LogP contribution < -0.4 is 4.74 Å². The van der Waals surface area contributed by atoms with Crippen molar-refractivity contribution in [3.63, 3.8) is 0 Å². The normalized spacial score (nSPS) is 10.3. The van der Waals surface area contributed by atoms with Crippen molar-refractivity contribution in [1.82, 2.24) is 0 Å². The van der Waals surface area contributed by atoms with Gasteiger partial charge in [0.1, 0.15) is 0 Å². The maximum absolute atomic E-state index is 13.8. The third-order valence-electron chi connectivity index (χ3n) is 2.49. The highest BCUT2D eigenvalue weighted by Gasteiger charge is 2.17. The molecule has 0 aliphatic carbocycles. The predicted molar refractivity (Wildman–Crippen MR) is 77.2 cm³/mol. The fourth-order valence-electron chi connectivity index (χ4n) is 1.55. The SMILES string of the molecule is O=[N+]([O-])c1ccc(Cl)cc1Oc1ccc(CBr)cc1F. The van der Waals surface area contributed by atoms with Crippen LogP contribution in [0.2, 0.25) is 5.02 Å². The lowest BCUT2D eigenvalue weighted by Crippen LogP contribution is -1.95. The number of ether oxygens (including phenoxy) is 1. The highest BCUT2D eigenvalue weighted by molar-refractivity contribution is 9.08. The molecule has 2 aromatic carbocycles. The molecule has 2 aromatic rings. The van der Waals surface area contributed by atoms with E-state index in [1.807, 2.05) is 0 Å². The largest absolute Gasteiger partial charge is 0.447 e. The van der Waals surface area contributed by atoms with E-state index in [4.69, 9.17) is 16.3 Å². The van der Waals surface area contributed by atoms with Gasteiger partial charge in [0.15, 0.2) is 11.6 Å². The minimum atomic E-state index is -0.615. The van der Waals surface area contributed by atoms with Crippen LogP contribution >= 0.6 is 27.5 Å². The summed E-state index contributed by atoms with van der Waals surface area (Å²) in [6.45, 7) is 0. The fourth-order valence-corrected chi connectivity index (χ4v) is 2.06. The molecule has 0 aliphatic heterocycles. The van der Waals surface area contributed by atoms with Gasteiger partial charge in [-0.1, -0.05) is 33.6 Å². The topological polar surface area (TPSA) is 52.4 Å². The number of nitro benzene ring substituents is 1. The van der Waals surface area contributed by atoms with Crippen LogP contribution in [0.4, 0.5) is 10.1 Å². The lowest BCUT2D eigenvalue weighted by Gasteiger charge is -2.08. The Hall–Kier alpha value is -1.66. The molecular weight excluding hydrogens is 353 g/mol. The van der Waals surface area contributed by atoms with Gasteiger partial charge in [-0.15, -0.1) is 0 Å². The van der Waals surface area contributed by atoms with Gasteiger partial charge in [-0.2, -0.15) is 0 Å². The van der Waals surface area contributed by atoms with Crippen LogP contribution in [-0.4, -0.2) is 4.92 Å². The van der Waals surface area contributed by atoms with Crippen LogP contribution in [0.3, 0.4) is 0 Å². The number of hydrogen-bond donors (Lipinski definition) is 0. The quantitative estimate of drug-likeness (QED) is 0.434. The van der Waals surface area contributed by atoms with Gasteiger partial charge in [-0.25, -0.2) is 4.39 Å². The molecule has 104 valence electrons. The molecule has 0 radical (unpaired) electrons. The molecule has 0 saturated heterocycles. The zero-order chi connectivity index (χ0) is 14.7. The Morgan fingerprint density at radius 2 is 2.00 bits per heavy atom. The third-order valence-corrected chi connectivity index (χ3v) is 3.37. The van der Waals surface area contributed by atoms with E-state index in [9.17, 15) is 14.5 Å². The zero-order valence-electron chi connectivity index (χ0n) is 9.98. The lowest BCUT2D eigenvalue weighted by atomic mass is 10.2. The molecule has 2 rings (SSSR count). The summed E-state index contributed by atoms with van der Waals surface area (Å²) < 4.78 is 19.1. The molecule has 0 heterocycles. The first-order chi connectivity index (χ1) is 9.51. The van der Waals surface area contributed by atoms with E-state index in [1.54, 1.807) is 6.07 Å². The summed E-state index contributed by atoms with van der Waals surface area (Å²) >= 11 is 8.98. The highest BCUT2D eigenvalue weighted by Crippen LogP contribution is 2.34. The average molecular weight is 361 g/mol. The second kappa shape index (κ2) is 6.19. The molecule has 0 spiro atoms. The van der Waals surface area contributed by atoms with Gasteiger partial charge in [0.05, 0.1) is 4.92 Å². The van der Waals surface area contributed by atoms with E-state index < -0.39 is 10.7 Å². The molecule has 7 heteroatoms. The van der Waals surface area contributed by atoms with Crippen molar-refractivity contribution in [3.8, 4) is 11.5 Å². The van der Waals surface area contributed by atoms with Crippen molar-refractivity contribution < 1.29 is 14.1 Å². The number of alkyl halides is 1. The van der Waals surface area contributed by atoms with Crippen molar-refractivity contribution in [2.45, 2.75) is 5.33 Å². The summed E-state index contributed by atoms with van der Waals surface area (Å²) in [4.78, 5) is 10.3. The minimum Gasteiger partial charge on any atom is -0.447 e. The van der Waals surface area contributed by atoms with Gasteiger partial charge in [0.2, 0.25) is 5.75 Å². The molecule has 0 fully saturated rings. The molecule has 0 bridgehead atoms. The molecule has 0 aromatic heterocycles. The smallest absolute Gasteiger partial charge is 0.311 e. The Kier molecular flexibility index (Phi) is 4.57. The molecule has 0 N–H and O–H groups in total. The standard InChI is InChI=1S/C13H8BrClFNO3/c14-7-8-1-4-12(10(16)5-8)20-13-6-9(15)2-3-11(13)17(18)19/h1-6H,7H2. The van der Waals surface area contributed by atoms with Gasteiger partial charge in [0, 0.05) is 22.5 Å². The van der Waals surface area contributed by atoms with Crippen molar-refractivity contribution in [1.29, 1.82) is 0 Å². The average Bonchev–Trinajstić information content (AvgIpc) is 2.40. The van der Waals surface area contributed by atoms with Crippen LogP contribution in [0, 0.1) is 15.9 Å². The fraction of sp³-hybridized carbons (Fsp3) is 0.0769. The molecule has 0 unspecified atom stereocenters. The van der Waals surface area contributed by atoms with Gasteiger partial charge in [-0.3, -0.25) is 10.1 Å². The summed E-state index contributed by atoms with van der Waals surface area (Å²) in [7, 11) is 0. The molecule has 0 amide bonds. The van der Waals surface area contributed by atoms with Crippen molar-refractivity contribution in [2.75, 3.05) is 0 Å². The Morgan fingerprint density at radius 1 is 1.25 bits per heavy atom. The van der Waals surface area contributed by atoms with E-state index in [-0.39, 0.29) is 22.2 Å². The maximum Gasteiger partial charge on any atom is 0.311 e. The lowest BCUT2D eigenvalue weighted by molar-refractivity contribution is -0.385. The number of benzene rings is 2. The Labute approximate surface area is 127 Å². The molecule has 20 heavy (non-hydrogen) atoms. The molecular formula is C13H8BrClFNO3. The first-order valence-corrected chi connectivity index (χ1v) is 6.97. The third kappa shape index (κ3) is 3.26. The molecule has 4 nitrogen and oxygen atoms in total. The predicted octanol–water partition coefficient (Wildman–Crippen LogP) is 5.07. The van der Waals surface area contributed by atoms with Crippen LogP contribution in [0.5, 0.6) is 11.5 Å². The first-order valence-electron chi connectivity index (χ1n) is 5.47. The number of halogens is 3. The van der Waals surface area contributed by atoms with Crippen LogP contribution in [0.25, 0.3) is 0 Å². The van der Waals surface area contributed by atoms with Gasteiger partial charge in [0.25, 0.3) is 0 Å². The van der Waals surface area contributed by atoms with Crippen LogP contribution in [-0.2, 0) is 5.33 Å². The minimum absolute atomic E-state index is 0.0972. The Morgan fingerprint density at radius 3 is 2.60 bits per heavy atom. The van der Waals surface area contributed by atoms with E-state index in [0.717, 1.165) is 5.56 Å². The van der Waals surface area contributed by atoms with Crippen molar-refractivity contribution >= 4 is 33.2 Å². The summed E-state index contributed by atoms with van der Waals surface area (Å²) in [6, 6.07) is 8.22. The monoisotopic (exact) mass is 359 g/mol. The number of nitrogens with zero attached hydrogens (tertiary/aromatic N) is 1. The van der Waals surface area contributed by atoms with Crippen LogP contribution in [0.1, 0.15) is 5.56 Å². The van der Waals surface area contributed by atoms with Gasteiger partial charge in [-0.05, 0) is 23.8 Å². The van der Waals surface area contributed by atoms with Crippen molar-refractivity contribution in [2.24, 2.45) is 0 Å². The van der Waals surface area contributed by atoms with Crippen molar-refractivity contribution in [3.05, 3.63) is 62.9 Å². The second-order valence-corrected chi connectivity index (χ2v) is 4.87. The summed E-state index contributed by atoms with van der Waals surface area (Å²) in [5.41, 5.74) is 0.453. The number of hydrogen-bond acceptors (Lipinski definition) is 3.